The molecule has 1 aromatic carbocycles. The Kier molecular flexibility index (Phi) is 2.07. The van der Waals surface area contributed by atoms with Crippen LogP contribution in [0.2, 0.25) is 0 Å². The minimum absolute atomic E-state index is 1.18. The van der Waals surface area contributed by atoms with E-state index in [9.17, 15) is 0 Å². The molecule has 3 rings (SSSR count). The van der Waals surface area contributed by atoms with E-state index < -0.39 is 0 Å². The van der Waals surface area contributed by atoms with Crippen LogP contribution in [0.1, 0.15) is 4.88 Å². The average Bonchev–Trinajstić information content (AvgIpc) is 2.74. The molecule has 1 N–H and O–H groups in total. The number of fused-ring (bicyclic) bond motifs is 1. The standard InChI is InChI=1S/C13H10NS/c1-2-7-12-10(5-1)9-13(15-12)11-6-3-4-8-14-11/h1-9,14H. The third kappa shape index (κ3) is 1.57. The average molecular weight is 212 g/mol. The quantitative estimate of drug-likeness (QED) is 0.763. The smallest absolute Gasteiger partial charge is 0.122 e. The van der Waals surface area contributed by atoms with Crippen LogP contribution < -0.4 is 5.32 Å². The highest BCUT2D eigenvalue weighted by atomic mass is 32.1. The summed E-state index contributed by atoms with van der Waals surface area (Å²) in [6, 6.07) is 11.9. The van der Waals surface area contributed by atoms with Crippen LogP contribution in [0.4, 0.5) is 0 Å². The van der Waals surface area contributed by atoms with E-state index in [2.05, 4.69) is 47.8 Å². The molecule has 2 aromatic rings. The number of allylic oxidation sites excluding steroid dienone is 2. The zero-order chi connectivity index (χ0) is 10.1. The molecule has 0 saturated carbocycles. The monoisotopic (exact) mass is 212 g/mol. The number of hydrogen-bond acceptors (Lipinski definition) is 2. The normalized spacial score (nSPS) is 15.7. The molecule has 0 amide bonds. The number of hydrogen-bond donors (Lipinski definition) is 1. The summed E-state index contributed by atoms with van der Waals surface area (Å²) in [5, 5.41) is 4.57. The molecule has 0 unspecified atom stereocenters. The number of benzene rings is 1. The molecule has 1 nitrogen and oxygen atoms in total. The van der Waals surface area contributed by atoms with Gasteiger partial charge in [-0.3, -0.25) is 0 Å². The van der Waals surface area contributed by atoms with E-state index in [0.29, 0.717) is 0 Å². The lowest BCUT2D eigenvalue weighted by Crippen LogP contribution is -2.14. The molecule has 0 fully saturated rings. The summed E-state index contributed by atoms with van der Waals surface area (Å²) in [4.78, 5) is 1.29. The molecular weight excluding hydrogens is 202 g/mol. The molecule has 0 saturated heterocycles. The second-order valence-electron chi connectivity index (χ2n) is 3.42. The van der Waals surface area contributed by atoms with E-state index >= 15 is 0 Å². The molecule has 0 aliphatic carbocycles. The molecule has 2 heterocycles. The van der Waals surface area contributed by atoms with Crippen LogP contribution in [-0.2, 0) is 0 Å². The Bertz CT molecular complexity index is 503. The summed E-state index contributed by atoms with van der Waals surface area (Å²) >= 11 is 1.82. The van der Waals surface area contributed by atoms with Crippen LogP contribution in [0, 0.1) is 6.04 Å². The van der Waals surface area contributed by atoms with Crippen molar-refractivity contribution >= 4 is 21.4 Å². The number of dihydropyridines is 1. The second-order valence-corrected chi connectivity index (χ2v) is 4.51. The Labute approximate surface area is 92.7 Å². The van der Waals surface area contributed by atoms with Crippen LogP contribution in [0.5, 0.6) is 0 Å². The van der Waals surface area contributed by atoms with E-state index in [1.54, 1.807) is 0 Å². The third-order valence-corrected chi connectivity index (χ3v) is 3.55. The summed E-state index contributed by atoms with van der Waals surface area (Å²) in [7, 11) is 0. The summed E-state index contributed by atoms with van der Waals surface area (Å²) < 4.78 is 1.34. The highest BCUT2D eigenvalue weighted by Gasteiger charge is 2.11. The van der Waals surface area contributed by atoms with Crippen molar-refractivity contribution in [1.29, 1.82) is 0 Å². The van der Waals surface area contributed by atoms with Gasteiger partial charge >= 0.3 is 0 Å². The van der Waals surface area contributed by atoms with Gasteiger partial charge in [-0.15, -0.1) is 11.3 Å². The van der Waals surface area contributed by atoms with Crippen molar-refractivity contribution in [3.8, 4) is 0 Å². The van der Waals surface area contributed by atoms with Gasteiger partial charge in [-0.25, -0.2) is 0 Å². The van der Waals surface area contributed by atoms with E-state index in [4.69, 9.17) is 0 Å². The summed E-state index contributed by atoms with van der Waals surface area (Å²) in [6.07, 6.45) is 8.11. The van der Waals surface area contributed by atoms with Crippen LogP contribution >= 0.6 is 11.3 Å². The first kappa shape index (κ1) is 8.74. The Balaban J connectivity index is 2.04. The minimum atomic E-state index is 1.18. The van der Waals surface area contributed by atoms with Crippen molar-refractivity contribution in [2.24, 2.45) is 0 Å². The van der Waals surface area contributed by atoms with E-state index in [1.807, 2.05) is 23.6 Å². The first-order chi connectivity index (χ1) is 7.43. The molecule has 0 atom stereocenters. The van der Waals surface area contributed by atoms with Gasteiger partial charge in [0.25, 0.3) is 0 Å². The van der Waals surface area contributed by atoms with Gasteiger partial charge in [0.2, 0.25) is 0 Å². The first-order valence-electron chi connectivity index (χ1n) is 4.89. The van der Waals surface area contributed by atoms with Gasteiger partial charge in [0.1, 0.15) is 6.04 Å². The maximum absolute atomic E-state index is 3.26. The molecule has 1 aliphatic rings. The van der Waals surface area contributed by atoms with Gasteiger partial charge in [0.05, 0.1) is 0 Å². The lowest BCUT2D eigenvalue weighted by atomic mass is 10.1. The summed E-state index contributed by atoms with van der Waals surface area (Å²) in [5.41, 5.74) is 0. The molecule has 73 valence electrons. The maximum Gasteiger partial charge on any atom is 0.122 e. The van der Waals surface area contributed by atoms with Crippen molar-refractivity contribution in [1.82, 2.24) is 5.32 Å². The van der Waals surface area contributed by atoms with E-state index in [0.717, 1.165) is 0 Å². The van der Waals surface area contributed by atoms with Crippen molar-refractivity contribution in [3.05, 3.63) is 65.7 Å². The lowest BCUT2D eigenvalue weighted by Gasteiger charge is -2.11. The highest BCUT2D eigenvalue weighted by Crippen LogP contribution is 2.30. The number of rotatable bonds is 1. The lowest BCUT2D eigenvalue weighted by molar-refractivity contribution is 0.977. The van der Waals surface area contributed by atoms with Crippen LogP contribution in [0.3, 0.4) is 0 Å². The van der Waals surface area contributed by atoms with Crippen molar-refractivity contribution in [3.63, 3.8) is 0 Å². The Morgan fingerprint density at radius 1 is 1.07 bits per heavy atom. The van der Waals surface area contributed by atoms with Crippen molar-refractivity contribution in [2.45, 2.75) is 0 Å². The van der Waals surface area contributed by atoms with Crippen LogP contribution in [-0.4, -0.2) is 0 Å². The van der Waals surface area contributed by atoms with Gasteiger partial charge in [-0.05, 0) is 29.8 Å². The number of nitrogens with one attached hydrogen (secondary N) is 1. The fourth-order valence-electron chi connectivity index (χ4n) is 1.66. The molecule has 0 spiro atoms. The molecule has 15 heavy (non-hydrogen) atoms. The predicted molar refractivity (Wildman–Crippen MR) is 65.6 cm³/mol. The Morgan fingerprint density at radius 3 is 2.80 bits per heavy atom. The van der Waals surface area contributed by atoms with Crippen molar-refractivity contribution in [2.75, 3.05) is 0 Å². The molecule has 1 radical (unpaired) electrons. The fraction of sp³-hybridized carbons (Fsp3) is 0. The molecular formula is C13H10NS. The first-order valence-corrected chi connectivity index (χ1v) is 5.71. The summed E-state index contributed by atoms with van der Waals surface area (Å²) in [6.45, 7) is 0. The molecule has 0 bridgehead atoms. The van der Waals surface area contributed by atoms with Gasteiger partial charge in [-0.1, -0.05) is 30.4 Å². The third-order valence-electron chi connectivity index (χ3n) is 2.40. The second kappa shape index (κ2) is 3.55. The van der Waals surface area contributed by atoms with E-state index in [-0.39, 0.29) is 0 Å². The SMILES string of the molecule is C1=CN[C](c2cc3ccccc3s2)C=C1. The van der Waals surface area contributed by atoms with Gasteiger partial charge < -0.3 is 5.32 Å². The zero-order valence-electron chi connectivity index (χ0n) is 8.10. The van der Waals surface area contributed by atoms with Crippen molar-refractivity contribution < 1.29 is 0 Å². The van der Waals surface area contributed by atoms with Gasteiger partial charge in [-0.2, -0.15) is 0 Å². The van der Waals surface area contributed by atoms with Crippen LogP contribution in [0.15, 0.2) is 54.8 Å². The zero-order valence-corrected chi connectivity index (χ0v) is 8.92. The highest BCUT2D eigenvalue weighted by molar-refractivity contribution is 7.19. The largest absolute Gasteiger partial charge is 0.375 e. The van der Waals surface area contributed by atoms with Gasteiger partial charge in [0, 0.05) is 9.58 Å². The minimum Gasteiger partial charge on any atom is -0.375 e. The Morgan fingerprint density at radius 2 is 2.00 bits per heavy atom. The Hall–Kier alpha value is -1.54. The predicted octanol–water partition coefficient (Wildman–Crippen LogP) is 3.45. The molecule has 1 aromatic heterocycles. The fourth-order valence-corrected chi connectivity index (χ4v) is 2.71. The molecule has 1 aliphatic heterocycles. The summed E-state index contributed by atoms with van der Waals surface area (Å²) in [5.74, 6) is 0. The molecule has 2 heteroatoms. The van der Waals surface area contributed by atoms with E-state index in [1.165, 1.54) is 21.0 Å². The van der Waals surface area contributed by atoms with Crippen LogP contribution in [0.25, 0.3) is 10.1 Å². The maximum atomic E-state index is 3.26. The van der Waals surface area contributed by atoms with Gasteiger partial charge in [0.15, 0.2) is 0 Å². The topological polar surface area (TPSA) is 12.0 Å². The number of thiophene rings is 1.